The fourth-order valence-electron chi connectivity index (χ4n) is 11.4. The molecule has 0 amide bonds. The fourth-order valence-corrected chi connectivity index (χ4v) is 11.4. The van der Waals surface area contributed by atoms with Crippen LogP contribution in [0.1, 0.15) is 113 Å². The number of carbonyl (C=O) groups is 2. The van der Waals surface area contributed by atoms with Crippen LogP contribution in [0.3, 0.4) is 0 Å². The minimum Gasteiger partial charge on any atom is -0.469 e. The highest BCUT2D eigenvalue weighted by Crippen LogP contribution is 2.76. The molecule has 4 heteroatoms. The minimum atomic E-state index is -0.524. The summed E-state index contributed by atoms with van der Waals surface area (Å²) in [6.45, 7) is 18.6. The molecule has 0 bridgehead atoms. The van der Waals surface area contributed by atoms with Crippen LogP contribution < -0.4 is 0 Å². The van der Waals surface area contributed by atoms with E-state index in [2.05, 4.69) is 73.6 Å². The third-order valence-electron chi connectivity index (χ3n) is 13.6. The molecular weight excluding hydrogens is 482 g/mol. The molecular formula is C35H51NO3. The van der Waals surface area contributed by atoms with E-state index in [9.17, 15) is 14.9 Å². The lowest BCUT2D eigenvalue weighted by molar-refractivity contribution is -0.194. The lowest BCUT2D eigenvalue weighted by Crippen LogP contribution is -2.66. The molecule has 0 radical (unpaired) electrons. The number of hydrogen-bond acceptors (Lipinski definition) is 4. The Bertz CT molecular complexity index is 1180. The number of nitriles is 1. The molecule has 0 N–H and O–H groups in total. The molecule has 4 nitrogen and oxygen atoms in total. The van der Waals surface area contributed by atoms with Crippen LogP contribution in [0.25, 0.3) is 0 Å². The quantitative estimate of drug-likeness (QED) is 0.335. The van der Waals surface area contributed by atoms with E-state index < -0.39 is 16.7 Å². The van der Waals surface area contributed by atoms with Crippen LogP contribution >= 0.6 is 0 Å². The van der Waals surface area contributed by atoms with Gasteiger partial charge in [-0.05, 0) is 110 Å². The number of allylic oxidation sites excluding steroid dienone is 4. The van der Waals surface area contributed by atoms with Crippen molar-refractivity contribution < 1.29 is 14.3 Å². The molecule has 0 spiro atoms. The highest BCUT2D eigenvalue weighted by atomic mass is 16.5. The molecule has 39 heavy (non-hydrogen) atoms. The van der Waals surface area contributed by atoms with E-state index in [0.29, 0.717) is 12.3 Å². The molecule has 0 aromatic heterocycles. The normalized spacial score (nSPS) is 46.4. The lowest BCUT2D eigenvalue weighted by atomic mass is 9.32. The van der Waals surface area contributed by atoms with Crippen molar-refractivity contribution in [3.05, 3.63) is 23.3 Å². The monoisotopic (exact) mass is 533 g/mol. The Morgan fingerprint density at radius 2 is 1.64 bits per heavy atom. The fraction of sp³-hybridized carbons (Fsp3) is 0.800. The summed E-state index contributed by atoms with van der Waals surface area (Å²) in [7, 11) is 1.57. The molecule has 0 aliphatic heterocycles. The Morgan fingerprint density at radius 1 is 0.974 bits per heavy atom. The second kappa shape index (κ2) is 8.80. The maximum Gasteiger partial charge on any atom is 0.312 e. The third kappa shape index (κ3) is 3.59. The summed E-state index contributed by atoms with van der Waals surface area (Å²) < 4.78 is 5.56. The summed E-state index contributed by atoms with van der Waals surface area (Å²) in [5.41, 5.74) is 2.14. The van der Waals surface area contributed by atoms with Gasteiger partial charge in [0.05, 0.1) is 18.6 Å². The summed E-state index contributed by atoms with van der Waals surface area (Å²) in [6.07, 6.45) is 13.1. The maximum atomic E-state index is 13.6. The number of ether oxygens (including phenoxy) is 1. The van der Waals surface area contributed by atoms with Crippen molar-refractivity contribution in [2.24, 2.45) is 56.2 Å². The van der Waals surface area contributed by atoms with Crippen LogP contribution in [0, 0.1) is 67.5 Å². The highest BCUT2D eigenvalue weighted by molar-refractivity contribution is 5.89. The second-order valence-electron chi connectivity index (χ2n) is 16.1. The predicted octanol–water partition coefficient (Wildman–Crippen LogP) is 8.23. The molecule has 0 heterocycles. The van der Waals surface area contributed by atoms with Gasteiger partial charge in [0.1, 0.15) is 5.92 Å². The maximum absolute atomic E-state index is 13.6. The van der Waals surface area contributed by atoms with Gasteiger partial charge in [-0.3, -0.25) is 9.59 Å². The van der Waals surface area contributed by atoms with Gasteiger partial charge in [0.15, 0.2) is 5.78 Å². The number of carbonyl (C=O) groups excluding carboxylic acids is 2. The molecule has 8 atom stereocenters. The number of fused-ring (bicyclic) bond motifs is 7. The summed E-state index contributed by atoms with van der Waals surface area (Å²) >= 11 is 0. The molecule has 4 fully saturated rings. The Balaban J connectivity index is 1.72. The Hall–Kier alpha value is -1.89. The molecule has 2 unspecified atom stereocenters. The number of Topliss-reactive ketones (excluding diaryl/α,β-unsaturated/α-hetero) is 1. The van der Waals surface area contributed by atoms with E-state index in [1.807, 2.05) is 0 Å². The molecule has 0 aromatic carbocycles. The Kier molecular flexibility index (Phi) is 6.46. The van der Waals surface area contributed by atoms with E-state index in [1.165, 1.54) is 11.1 Å². The first-order valence-electron chi connectivity index (χ1n) is 15.5. The number of nitrogens with zero attached hydrogens (tertiary/aromatic N) is 1. The van der Waals surface area contributed by atoms with Gasteiger partial charge in [0.25, 0.3) is 0 Å². The molecule has 5 rings (SSSR count). The highest BCUT2D eigenvalue weighted by Gasteiger charge is 2.71. The van der Waals surface area contributed by atoms with Crippen LogP contribution in [-0.2, 0) is 14.3 Å². The van der Waals surface area contributed by atoms with Gasteiger partial charge < -0.3 is 4.74 Å². The first kappa shape index (κ1) is 28.6. The van der Waals surface area contributed by atoms with Crippen LogP contribution in [-0.4, -0.2) is 18.9 Å². The van der Waals surface area contributed by atoms with Crippen molar-refractivity contribution in [1.29, 1.82) is 5.26 Å². The second-order valence-corrected chi connectivity index (χ2v) is 16.1. The van der Waals surface area contributed by atoms with Gasteiger partial charge in [-0.25, -0.2) is 0 Å². The third-order valence-corrected chi connectivity index (χ3v) is 13.6. The summed E-state index contributed by atoms with van der Waals surface area (Å²) in [5.74, 6) is 0.470. The van der Waals surface area contributed by atoms with Crippen LogP contribution in [0.4, 0.5) is 0 Å². The first-order valence-corrected chi connectivity index (χ1v) is 15.5. The topological polar surface area (TPSA) is 67.2 Å². The average molecular weight is 534 g/mol. The zero-order valence-electron chi connectivity index (χ0n) is 26.0. The van der Waals surface area contributed by atoms with Crippen LogP contribution in [0.15, 0.2) is 23.3 Å². The molecule has 5 aliphatic rings. The smallest absolute Gasteiger partial charge is 0.312 e. The molecule has 0 aromatic rings. The zero-order chi connectivity index (χ0) is 28.8. The summed E-state index contributed by atoms with van der Waals surface area (Å²) in [4.78, 5) is 27.1. The van der Waals surface area contributed by atoms with Gasteiger partial charge in [-0.1, -0.05) is 66.2 Å². The minimum absolute atomic E-state index is 0.00951. The number of hydrogen-bond donors (Lipinski definition) is 0. The molecule has 214 valence electrons. The largest absolute Gasteiger partial charge is 0.469 e. The first-order chi connectivity index (χ1) is 18.1. The van der Waals surface area contributed by atoms with Gasteiger partial charge in [-0.2, -0.15) is 5.26 Å². The lowest BCUT2D eigenvalue weighted by Gasteiger charge is -2.71. The van der Waals surface area contributed by atoms with E-state index >= 15 is 0 Å². The van der Waals surface area contributed by atoms with Crippen molar-refractivity contribution in [2.75, 3.05) is 7.11 Å². The van der Waals surface area contributed by atoms with Gasteiger partial charge in [0.2, 0.25) is 0 Å². The molecule has 5 aliphatic carbocycles. The van der Waals surface area contributed by atoms with Crippen molar-refractivity contribution in [1.82, 2.24) is 0 Å². The Labute approximate surface area is 237 Å². The Morgan fingerprint density at radius 3 is 2.26 bits per heavy atom. The van der Waals surface area contributed by atoms with Gasteiger partial charge >= 0.3 is 5.97 Å². The van der Waals surface area contributed by atoms with Gasteiger partial charge in [-0.15, -0.1) is 0 Å². The van der Waals surface area contributed by atoms with E-state index in [-0.39, 0.29) is 45.2 Å². The van der Waals surface area contributed by atoms with E-state index in [4.69, 9.17) is 4.74 Å². The number of rotatable bonds is 2. The predicted molar refractivity (Wildman–Crippen MR) is 154 cm³/mol. The number of ketones is 1. The van der Waals surface area contributed by atoms with Crippen LogP contribution in [0.2, 0.25) is 0 Å². The zero-order valence-corrected chi connectivity index (χ0v) is 26.0. The molecule has 0 saturated heterocycles. The van der Waals surface area contributed by atoms with Crippen molar-refractivity contribution in [3.63, 3.8) is 0 Å². The summed E-state index contributed by atoms with van der Waals surface area (Å²) in [6, 6.07) is 2.42. The molecule has 4 saturated carbocycles. The van der Waals surface area contributed by atoms with Crippen molar-refractivity contribution in [3.8, 4) is 6.07 Å². The van der Waals surface area contributed by atoms with Crippen molar-refractivity contribution >= 4 is 11.8 Å². The SMILES string of the molecule is CC=CC1=C2[C@@H]3CC(C)(C)CC[C@]3(C(=O)OC)CC[C@@]2(C)[C@]2(C)CC[C@H]3C(C)(C)C(=O)C(C#N)C[C@]3(C)C2C1. The summed E-state index contributed by atoms with van der Waals surface area (Å²) in [5, 5.41) is 10.1. The average Bonchev–Trinajstić information content (AvgIpc) is 2.86. The number of esters is 1. The standard InChI is InChI=1S/C35H51NO3/c1-10-11-22-18-26-32(6)19-23(21-36)28(37)31(4,5)25(32)12-13-33(26,7)34(8)15-17-35(29(38)39-9)16-14-30(2,3)20-24(35)27(22)34/h10-11,23-26H,12-20H2,1-9H3/t23?,24-,25-,26?,32-,33+,34+,35-/m0/s1. The van der Waals surface area contributed by atoms with Crippen LogP contribution in [0.5, 0.6) is 0 Å². The van der Waals surface area contributed by atoms with Crippen molar-refractivity contribution in [2.45, 2.75) is 113 Å². The number of methoxy groups -OCH3 is 1. The van der Waals surface area contributed by atoms with E-state index in [1.54, 1.807) is 7.11 Å². The van der Waals surface area contributed by atoms with E-state index in [0.717, 1.165) is 51.4 Å². The van der Waals surface area contributed by atoms with Gasteiger partial charge in [0, 0.05) is 5.41 Å².